The summed E-state index contributed by atoms with van der Waals surface area (Å²) in [6, 6.07) is 12.1. The van der Waals surface area contributed by atoms with Crippen LogP contribution < -0.4 is 15.2 Å². The Balaban J connectivity index is 2.31. The van der Waals surface area contributed by atoms with Crippen LogP contribution in [0.1, 0.15) is 10.4 Å². The Morgan fingerprint density at radius 1 is 1.10 bits per heavy atom. The normalized spacial score (nSPS) is 10.9. The van der Waals surface area contributed by atoms with Gasteiger partial charge in [0.15, 0.2) is 0 Å². The first-order valence-electron chi connectivity index (χ1n) is 6.00. The van der Waals surface area contributed by atoms with E-state index in [9.17, 15) is 13.2 Å². The summed E-state index contributed by atoms with van der Waals surface area (Å²) in [4.78, 5) is 11.0. The topological polar surface area (TPSA) is 98.5 Å². The van der Waals surface area contributed by atoms with Crippen LogP contribution in [-0.4, -0.2) is 21.4 Å². The second-order valence-electron chi connectivity index (χ2n) is 4.20. The highest BCUT2D eigenvalue weighted by atomic mass is 32.2. The van der Waals surface area contributed by atoms with Gasteiger partial charge >= 0.3 is 0 Å². The fourth-order valence-electron chi connectivity index (χ4n) is 1.75. The molecule has 0 radical (unpaired) electrons. The molecule has 0 atom stereocenters. The lowest BCUT2D eigenvalue weighted by atomic mass is 10.2. The van der Waals surface area contributed by atoms with Crippen molar-refractivity contribution in [2.75, 3.05) is 11.8 Å². The van der Waals surface area contributed by atoms with Crippen molar-refractivity contribution in [1.82, 2.24) is 0 Å². The van der Waals surface area contributed by atoms with E-state index in [-0.39, 0.29) is 10.6 Å². The number of para-hydroxylation sites is 1. The Morgan fingerprint density at radius 3 is 2.29 bits per heavy atom. The number of ether oxygens (including phenoxy) is 1. The third-order valence-corrected chi connectivity index (χ3v) is 4.20. The highest BCUT2D eigenvalue weighted by Crippen LogP contribution is 2.25. The van der Waals surface area contributed by atoms with Crippen molar-refractivity contribution in [1.29, 1.82) is 0 Å². The van der Waals surface area contributed by atoms with Crippen LogP contribution in [0.3, 0.4) is 0 Å². The van der Waals surface area contributed by atoms with Crippen LogP contribution in [0.15, 0.2) is 53.4 Å². The molecule has 0 saturated carbocycles. The average Bonchev–Trinajstić information content (AvgIpc) is 2.47. The van der Waals surface area contributed by atoms with Gasteiger partial charge in [-0.2, -0.15) is 0 Å². The van der Waals surface area contributed by atoms with E-state index in [4.69, 9.17) is 10.5 Å². The molecule has 0 aliphatic heterocycles. The van der Waals surface area contributed by atoms with Crippen molar-refractivity contribution in [2.45, 2.75) is 4.90 Å². The van der Waals surface area contributed by atoms with Gasteiger partial charge in [0.25, 0.3) is 10.0 Å². The Morgan fingerprint density at radius 2 is 1.71 bits per heavy atom. The zero-order valence-corrected chi connectivity index (χ0v) is 12.1. The van der Waals surface area contributed by atoms with Gasteiger partial charge in [-0.3, -0.25) is 9.52 Å². The number of nitrogens with one attached hydrogen (secondary N) is 1. The summed E-state index contributed by atoms with van der Waals surface area (Å²) in [5.74, 6) is -0.326. The second-order valence-corrected chi connectivity index (χ2v) is 5.85. The van der Waals surface area contributed by atoms with Gasteiger partial charge in [-0.25, -0.2) is 8.42 Å². The van der Waals surface area contributed by atoms with Crippen LogP contribution in [0.2, 0.25) is 0 Å². The number of anilines is 1. The molecule has 1 amide bonds. The van der Waals surface area contributed by atoms with Gasteiger partial charge in [0.05, 0.1) is 7.11 Å². The standard InChI is InChI=1S/C14H14N2O4S/c1-20-12-4-2-3-5-13(12)21(18,19)16-11-8-6-10(7-9-11)14(15)17/h2-9,16H,1H3,(H2,15,17). The summed E-state index contributed by atoms with van der Waals surface area (Å²) in [6.45, 7) is 0. The second kappa shape index (κ2) is 5.84. The Bertz CT molecular complexity index is 755. The van der Waals surface area contributed by atoms with Crippen molar-refractivity contribution in [3.63, 3.8) is 0 Å². The molecule has 0 spiro atoms. The quantitative estimate of drug-likeness (QED) is 0.876. The zero-order chi connectivity index (χ0) is 15.5. The maximum Gasteiger partial charge on any atom is 0.265 e. The Hall–Kier alpha value is -2.54. The van der Waals surface area contributed by atoms with Gasteiger partial charge in [0.1, 0.15) is 10.6 Å². The smallest absolute Gasteiger partial charge is 0.265 e. The molecule has 3 N–H and O–H groups in total. The number of carbonyl (C=O) groups excluding carboxylic acids is 1. The Labute approximate surface area is 122 Å². The van der Waals surface area contributed by atoms with Gasteiger partial charge in [0, 0.05) is 11.3 Å². The fraction of sp³-hybridized carbons (Fsp3) is 0.0714. The number of hydrogen-bond donors (Lipinski definition) is 2. The van der Waals surface area contributed by atoms with Gasteiger partial charge in [-0.15, -0.1) is 0 Å². The maximum absolute atomic E-state index is 12.3. The summed E-state index contributed by atoms with van der Waals surface area (Å²) in [5.41, 5.74) is 5.75. The van der Waals surface area contributed by atoms with Crippen molar-refractivity contribution in [3.05, 3.63) is 54.1 Å². The van der Waals surface area contributed by atoms with E-state index >= 15 is 0 Å². The van der Waals surface area contributed by atoms with E-state index in [0.717, 1.165) is 0 Å². The first kappa shape index (κ1) is 14.9. The van der Waals surface area contributed by atoms with E-state index in [0.29, 0.717) is 11.3 Å². The minimum atomic E-state index is -3.78. The number of sulfonamides is 1. The third kappa shape index (κ3) is 3.32. The Kier molecular flexibility index (Phi) is 4.13. The highest BCUT2D eigenvalue weighted by Gasteiger charge is 2.19. The molecular formula is C14H14N2O4S. The van der Waals surface area contributed by atoms with Gasteiger partial charge < -0.3 is 10.5 Å². The van der Waals surface area contributed by atoms with Crippen LogP contribution >= 0.6 is 0 Å². The van der Waals surface area contributed by atoms with Crippen molar-refractivity contribution < 1.29 is 17.9 Å². The summed E-state index contributed by atoms with van der Waals surface area (Å²) >= 11 is 0. The van der Waals surface area contributed by atoms with E-state index < -0.39 is 15.9 Å². The zero-order valence-electron chi connectivity index (χ0n) is 11.2. The van der Waals surface area contributed by atoms with Crippen molar-refractivity contribution in [2.24, 2.45) is 5.73 Å². The lowest BCUT2D eigenvalue weighted by Gasteiger charge is -2.11. The summed E-state index contributed by atoms with van der Waals surface area (Å²) in [5, 5.41) is 0. The number of nitrogens with two attached hydrogens (primary N) is 1. The van der Waals surface area contributed by atoms with Gasteiger partial charge in [0.2, 0.25) is 5.91 Å². The van der Waals surface area contributed by atoms with E-state index in [1.54, 1.807) is 18.2 Å². The predicted molar refractivity (Wildman–Crippen MR) is 78.8 cm³/mol. The van der Waals surface area contributed by atoms with Crippen LogP contribution in [0.4, 0.5) is 5.69 Å². The van der Waals surface area contributed by atoms with Crippen LogP contribution in [-0.2, 0) is 10.0 Å². The molecule has 0 aromatic heterocycles. The van der Waals surface area contributed by atoms with Crippen molar-refractivity contribution >= 4 is 21.6 Å². The first-order valence-corrected chi connectivity index (χ1v) is 7.48. The van der Waals surface area contributed by atoms with Crippen LogP contribution in [0.5, 0.6) is 5.75 Å². The number of primary amides is 1. The van der Waals surface area contributed by atoms with Gasteiger partial charge in [-0.05, 0) is 36.4 Å². The molecule has 2 aromatic rings. The molecule has 6 nitrogen and oxygen atoms in total. The minimum Gasteiger partial charge on any atom is -0.495 e. The van der Waals surface area contributed by atoms with Gasteiger partial charge in [-0.1, -0.05) is 12.1 Å². The molecule has 0 aliphatic rings. The number of rotatable bonds is 5. The number of amides is 1. The third-order valence-electron chi connectivity index (χ3n) is 2.78. The summed E-state index contributed by atoms with van der Waals surface area (Å²) < 4.78 is 32.1. The lowest BCUT2D eigenvalue weighted by molar-refractivity contribution is 0.100. The van der Waals surface area contributed by atoms with E-state index in [1.165, 1.54) is 37.4 Å². The predicted octanol–water partition coefficient (Wildman–Crippen LogP) is 1.59. The molecule has 7 heteroatoms. The number of methoxy groups -OCH3 is 1. The maximum atomic E-state index is 12.3. The average molecular weight is 306 g/mol. The van der Waals surface area contributed by atoms with Crippen molar-refractivity contribution in [3.8, 4) is 5.75 Å². The minimum absolute atomic E-state index is 0.0338. The largest absolute Gasteiger partial charge is 0.495 e. The first-order chi connectivity index (χ1) is 9.94. The monoisotopic (exact) mass is 306 g/mol. The molecule has 0 fully saturated rings. The molecular weight excluding hydrogens is 292 g/mol. The van der Waals surface area contributed by atoms with E-state index in [1.807, 2.05) is 0 Å². The van der Waals surface area contributed by atoms with Crippen LogP contribution in [0, 0.1) is 0 Å². The molecule has 0 saturated heterocycles. The molecule has 110 valence electrons. The molecule has 0 bridgehead atoms. The SMILES string of the molecule is COc1ccccc1S(=O)(=O)Nc1ccc(C(N)=O)cc1. The van der Waals surface area contributed by atoms with E-state index in [2.05, 4.69) is 4.72 Å². The number of benzene rings is 2. The summed E-state index contributed by atoms with van der Waals surface area (Å²) in [7, 11) is -2.38. The molecule has 2 rings (SSSR count). The number of carbonyl (C=O) groups is 1. The fourth-order valence-corrected chi connectivity index (χ4v) is 2.98. The molecule has 0 heterocycles. The summed E-state index contributed by atoms with van der Waals surface area (Å²) in [6.07, 6.45) is 0. The lowest BCUT2D eigenvalue weighted by Crippen LogP contribution is -2.14. The number of hydrogen-bond acceptors (Lipinski definition) is 4. The molecule has 2 aromatic carbocycles. The highest BCUT2D eigenvalue weighted by molar-refractivity contribution is 7.92. The molecule has 0 aliphatic carbocycles. The molecule has 21 heavy (non-hydrogen) atoms. The van der Waals surface area contributed by atoms with Crippen LogP contribution in [0.25, 0.3) is 0 Å². The molecule has 0 unspecified atom stereocenters.